The van der Waals surface area contributed by atoms with Gasteiger partial charge in [-0.05, 0) is 53.8 Å². The average molecular weight is 489 g/mol. The molecule has 0 unspecified atom stereocenters. The van der Waals surface area contributed by atoms with Gasteiger partial charge in [0, 0.05) is 12.2 Å². The third-order valence-electron chi connectivity index (χ3n) is 5.71. The van der Waals surface area contributed by atoms with Gasteiger partial charge in [0.2, 0.25) is 0 Å². The zero-order chi connectivity index (χ0) is 24.9. The largest absolute Gasteiger partial charge is 0.423 e. The number of carbonyl (C=O) groups is 3. The van der Waals surface area contributed by atoms with Crippen LogP contribution in [0.4, 0.5) is 5.69 Å². The van der Waals surface area contributed by atoms with E-state index in [9.17, 15) is 14.4 Å². The molecule has 3 aromatic rings. The second-order valence-corrected chi connectivity index (χ2v) is 8.85. The quantitative estimate of drug-likeness (QED) is 0.257. The number of ether oxygens (including phenoxy) is 1. The van der Waals surface area contributed by atoms with Crippen LogP contribution in [0.3, 0.4) is 0 Å². The topological polar surface area (TPSA) is 75.7 Å². The zero-order valence-corrected chi connectivity index (χ0v) is 20.2. The van der Waals surface area contributed by atoms with E-state index in [2.05, 4.69) is 5.32 Å². The van der Waals surface area contributed by atoms with E-state index in [4.69, 9.17) is 16.3 Å². The van der Waals surface area contributed by atoms with E-state index < -0.39 is 17.8 Å². The molecule has 0 saturated heterocycles. The number of esters is 1. The molecule has 1 aliphatic rings. The molecule has 0 bridgehead atoms. The van der Waals surface area contributed by atoms with Gasteiger partial charge >= 0.3 is 5.97 Å². The predicted molar refractivity (Wildman–Crippen MR) is 135 cm³/mol. The molecule has 4 rings (SSSR count). The second-order valence-electron chi connectivity index (χ2n) is 8.47. The molecule has 35 heavy (non-hydrogen) atoms. The number of nitrogens with one attached hydrogen (secondary N) is 1. The fourth-order valence-corrected chi connectivity index (χ4v) is 4.02. The summed E-state index contributed by atoms with van der Waals surface area (Å²) in [4.78, 5) is 39.2. The molecule has 0 fully saturated rings. The summed E-state index contributed by atoms with van der Waals surface area (Å²) in [5, 5.41) is 2.77. The second kappa shape index (κ2) is 10.6. The highest BCUT2D eigenvalue weighted by Gasteiger charge is 2.37. The minimum absolute atomic E-state index is 0.0194. The Hall–Kier alpha value is -3.90. The Morgan fingerprint density at radius 2 is 1.57 bits per heavy atom. The van der Waals surface area contributed by atoms with Crippen molar-refractivity contribution in [3.8, 4) is 5.75 Å². The molecular formula is C28H25ClN2O4. The lowest BCUT2D eigenvalue weighted by molar-refractivity contribution is -0.137. The van der Waals surface area contributed by atoms with E-state index in [0.717, 1.165) is 16.0 Å². The van der Waals surface area contributed by atoms with E-state index in [1.807, 2.05) is 62.4 Å². The fraction of sp³-hybridized carbons (Fsp3) is 0.179. The lowest BCUT2D eigenvalue weighted by atomic mass is 10.0. The van der Waals surface area contributed by atoms with Crippen molar-refractivity contribution in [3.63, 3.8) is 0 Å². The number of hydrogen-bond donors (Lipinski definition) is 1. The van der Waals surface area contributed by atoms with Crippen LogP contribution in [0, 0.1) is 0 Å². The number of anilines is 1. The van der Waals surface area contributed by atoms with E-state index in [-0.39, 0.29) is 23.2 Å². The van der Waals surface area contributed by atoms with Gasteiger partial charge in [-0.3, -0.25) is 14.5 Å². The Bertz CT molecular complexity index is 1280. The van der Waals surface area contributed by atoms with E-state index >= 15 is 0 Å². The van der Waals surface area contributed by atoms with Crippen LogP contribution in [-0.2, 0) is 16.0 Å². The van der Waals surface area contributed by atoms with Crippen molar-refractivity contribution in [1.82, 2.24) is 4.90 Å². The van der Waals surface area contributed by atoms with Crippen LogP contribution in [0.25, 0.3) is 0 Å². The van der Waals surface area contributed by atoms with Crippen molar-refractivity contribution in [2.45, 2.75) is 26.2 Å². The number of hydrogen-bond acceptors (Lipinski definition) is 5. The Morgan fingerprint density at radius 3 is 2.26 bits per heavy atom. The Labute approximate surface area is 209 Å². The van der Waals surface area contributed by atoms with Crippen LogP contribution < -0.4 is 10.1 Å². The summed E-state index contributed by atoms with van der Waals surface area (Å²) in [5.41, 5.74) is 2.85. The van der Waals surface area contributed by atoms with Crippen molar-refractivity contribution >= 4 is 35.1 Å². The van der Waals surface area contributed by atoms with Gasteiger partial charge in [0.25, 0.3) is 11.8 Å². The number of benzene rings is 3. The van der Waals surface area contributed by atoms with Crippen molar-refractivity contribution in [2.75, 3.05) is 11.9 Å². The van der Waals surface area contributed by atoms with Crippen molar-refractivity contribution in [3.05, 3.63) is 106 Å². The summed E-state index contributed by atoms with van der Waals surface area (Å²) in [5.74, 6) is -0.759. The van der Waals surface area contributed by atoms with Gasteiger partial charge in [-0.25, -0.2) is 4.79 Å². The van der Waals surface area contributed by atoms with Gasteiger partial charge in [0.1, 0.15) is 16.5 Å². The first-order chi connectivity index (χ1) is 16.8. The number of para-hydroxylation sites is 1. The molecule has 0 saturated carbocycles. The van der Waals surface area contributed by atoms with Gasteiger partial charge in [0.05, 0.1) is 5.56 Å². The monoisotopic (exact) mass is 488 g/mol. The van der Waals surface area contributed by atoms with Crippen LogP contribution in [0.5, 0.6) is 5.75 Å². The molecule has 0 aliphatic carbocycles. The SMILES string of the molecule is CC(C)c1ccccc1OC(=O)c1ccc(NC2=C(Cl)C(=O)N(CCc3ccccc3)C2=O)cc1. The summed E-state index contributed by atoms with van der Waals surface area (Å²) < 4.78 is 5.60. The van der Waals surface area contributed by atoms with Crippen LogP contribution >= 0.6 is 11.6 Å². The maximum Gasteiger partial charge on any atom is 0.343 e. The Morgan fingerprint density at radius 1 is 0.914 bits per heavy atom. The number of nitrogens with zero attached hydrogens (tertiary/aromatic N) is 1. The minimum atomic E-state index is -0.529. The lowest BCUT2D eigenvalue weighted by Gasteiger charge is -2.15. The molecule has 0 spiro atoms. The molecule has 3 aromatic carbocycles. The van der Waals surface area contributed by atoms with Crippen LogP contribution in [0.15, 0.2) is 89.6 Å². The molecule has 0 aromatic heterocycles. The number of imide groups is 1. The van der Waals surface area contributed by atoms with Crippen LogP contribution in [-0.4, -0.2) is 29.2 Å². The average Bonchev–Trinajstić information content (AvgIpc) is 3.06. The molecule has 0 radical (unpaired) electrons. The highest BCUT2D eigenvalue weighted by Crippen LogP contribution is 2.28. The lowest BCUT2D eigenvalue weighted by Crippen LogP contribution is -2.34. The third-order valence-corrected chi connectivity index (χ3v) is 6.06. The highest BCUT2D eigenvalue weighted by atomic mass is 35.5. The molecule has 1 heterocycles. The molecular weight excluding hydrogens is 464 g/mol. The van der Waals surface area contributed by atoms with Gasteiger partial charge in [-0.2, -0.15) is 0 Å². The Kier molecular flexibility index (Phi) is 7.32. The number of carbonyl (C=O) groups excluding carboxylic acids is 3. The van der Waals surface area contributed by atoms with Gasteiger partial charge in [-0.1, -0.05) is 74.0 Å². The summed E-state index contributed by atoms with van der Waals surface area (Å²) in [6.45, 7) is 4.29. The molecule has 0 atom stereocenters. The van der Waals surface area contributed by atoms with Crippen LogP contribution in [0.2, 0.25) is 0 Å². The van der Waals surface area contributed by atoms with Crippen molar-refractivity contribution in [2.24, 2.45) is 0 Å². The molecule has 2 amide bonds. The smallest absolute Gasteiger partial charge is 0.343 e. The van der Waals surface area contributed by atoms with Gasteiger partial charge in [0.15, 0.2) is 0 Å². The van der Waals surface area contributed by atoms with Crippen molar-refractivity contribution < 1.29 is 19.1 Å². The van der Waals surface area contributed by atoms with Gasteiger partial charge in [-0.15, -0.1) is 0 Å². The van der Waals surface area contributed by atoms with Crippen LogP contribution in [0.1, 0.15) is 41.3 Å². The molecule has 1 N–H and O–H groups in total. The summed E-state index contributed by atoms with van der Waals surface area (Å²) >= 11 is 6.19. The normalized spacial score (nSPS) is 13.5. The van der Waals surface area contributed by atoms with E-state index in [1.54, 1.807) is 30.3 Å². The van der Waals surface area contributed by atoms with E-state index in [0.29, 0.717) is 23.4 Å². The number of halogens is 1. The maximum atomic E-state index is 12.8. The van der Waals surface area contributed by atoms with Gasteiger partial charge < -0.3 is 10.1 Å². The molecule has 7 heteroatoms. The highest BCUT2D eigenvalue weighted by molar-refractivity contribution is 6.48. The Balaban J connectivity index is 1.41. The first-order valence-corrected chi connectivity index (χ1v) is 11.7. The fourth-order valence-electron chi connectivity index (χ4n) is 3.79. The van der Waals surface area contributed by atoms with Crippen molar-refractivity contribution in [1.29, 1.82) is 0 Å². The summed E-state index contributed by atoms with van der Waals surface area (Å²) in [6.07, 6.45) is 0.534. The van der Waals surface area contributed by atoms with E-state index in [1.165, 1.54) is 0 Å². The number of amides is 2. The predicted octanol–water partition coefficient (Wildman–Crippen LogP) is 5.50. The minimum Gasteiger partial charge on any atom is -0.423 e. The molecule has 6 nitrogen and oxygen atoms in total. The first-order valence-electron chi connectivity index (χ1n) is 11.3. The maximum absolute atomic E-state index is 12.8. The standard InChI is InChI=1S/C28H25ClN2O4/c1-18(2)22-10-6-7-11-23(22)35-28(34)20-12-14-21(15-13-20)30-25-24(29)26(32)31(27(25)33)17-16-19-8-4-3-5-9-19/h3-15,18,30H,16-17H2,1-2H3. The summed E-state index contributed by atoms with van der Waals surface area (Å²) in [7, 11) is 0. The first kappa shape index (κ1) is 24.2. The number of rotatable bonds is 8. The summed E-state index contributed by atoms with van der Waals surface area (Å²) in [6, 6.07) is 23.5. The molecule has 178 valence electrons. The zero-order valence-electron chi connectivity index (χ0n) is 19.5. The third kappa shape index (κ3) is 5.44. The molecule has 1 aliphatic heterocycles.